The first-order valence-corrected chi connectivity index (χ1v) is 10.2. The number of nitrogens with zero attached hydrogens (tertiary/aromatic N) is 2. The van der Waals surface area contributed by atoms with Crippen molar-refractivity contribution in [1.29, 1.82) is 0 Å². The molecule has 0 aliphatic carbocycles. The van der Waals surface area contributed by atoms with E-state index in [0.29, 0.717) is 42.5 Å². The Hall–Kier alpha value is -3.39. The van der Waals surface area contributed by atoms with Crippen molar-refractivity contribution in [2.75, 3.05) is 32.1 Å². The van der Waals surface area contributed by atoms with Crippen LogP contribution >= 0.6 is 0 Å². The van der Waals surface area contributed by atoms with Crippen molar-refractivity contribution in [3.63, 3.8) is 0 Å². The molecule has 2 aliphatic heterocycles. The predicted octanol–water partition coefficient (Wildman–Crippen LogP) is 3.17. The topological polar surface area (TPSA) is 93.9 Å². The van der Waals surface area contributed by atoms with Gasteiger partial charge in [0.25, 0.3) is 11.9 Å². The van der Waals surface area contributed by atoms with Crippen LogP contribution in [0.3, 0.4) is 0 Å². The number of benzene rings is 2. The Morgan fingerprint density at radius 1 is 1.29 bits per heavy atom. The van der Waals surface area contributed by atoms with Gasteiger partial charge in [-0.1, -0.05) is 36.9 Å². The third-order valence-electron chi connectivity index (χ3n) is 6.09. The van der Waals surface area contributed by atoms with Crippen LogP contribution < -0.4 is 14.8 Å². The van der Waals surface area contributed by atoms with Crippen molar-refractivity contribution in [2.45, 2.75) is 24.4 Å². The number of hydrogen-bond donors (Lipinski definition) is 1. The van der Waals surface area contributed by atoms with E-state index < -0.39 is 17.5 Å². The van der Waals surface area contributed by atoms with Crippen LogP contribution in [-0.4, -0.2) is 48.6 Å². The quantitative estimate of drug-likeness (QED) is 0.418. The minimum Gasteiger partial charge on any atom is -0.490 e. The largest absolute Gasteiger partial charge is 0.490 e. The van der Waals surface area contributed by atoms with Gasteiger partial charge in [0.05, 0.1) is 12.5 Å². The maximum atomic E-state index is 13.2. The summed E-state index contributed by atoms with van der Waals surface area (Å²) in [5.41, 5.74) is 0.629. The second-order valence-corrected chi connectivity index (χ2v) is 7.72. The first-order chi connectivity index (χ1) is 14.9. The van der Waals surface area contributed by atoms with Gasteiger partial charge in [0.15, 0.2) is 17.0 Å². The molecule has 0 aromatic heterocycles. The van der Waals surface area contributed by atoms with Gasteiger partial charge in [-0.15, -0.1) is 0 Å². The zero-order valence-electron chi connectivity index (χ0n) is 17.5. The van der Waals surface area contributed by atoms with Gasteiger partial charge in [-0.25, -0.2) is 0 Å². The van der Waals surface area contributed by atoms with E-state index in [2.05, 4.69) is 11.9 Å². The highest BCUT2D eigenvalue weighted by atomic mass is 16.6. The number of carbonyl (C=O) groups excluding carboxylic acids is 1. The molecule has 2 aliphatic rings. The number of amides is 1. The van der Waals surface area contributed by atoms with E-state index in [1.54, 1.807) is 48.4 Å². The number of anilines is 1. The first kappa shape index (κ1) is 20.9. The first-order valence-electron chi connectivity index (χ1n) is 10.2. The zero-order valence-corrected chi connectivity index (χ0v) is 17.5. The number of ether oxygens (including phenoxy) is 2. The molecule has 162 valence electrons. The van der Waals surface area contributed by atoms with Crippen LogP contribution in [0.4, 0.5) is 5.69 Å². The Morgan fingerprint density at radius 3 is 2.77 bits per heavy atom. The van der Waals surface area contributed by atoms with E-state index in [0.717, 1.165) is 5.56 Å². The molecule has 0 radical (unpaired) electrons. The lowest BCUT2D eigenvalue weighted by atomic mass is 9.79. The maximum Gasteiger partial charge on any atom is 0.256 e. The van der Waals surface area contributed by atoms with Gasteiger partial charge in [-0.05, 0) is 37.7 Å². The van der Waals surface area contributed by atoms with Gasteiger partial charge in [0.2, 0.25) is 0 Å². The number of fused-ring (bicyclic) bond motifs is 2. The van der Waals surface area contributed by atoms with Crippen LogP contribution in [0.15, 0.2) is 55.1 Å². The fourth-order valence-electron chi connectivity index (χ4n) is 4.87. The Kier molecular flexibility index (Phi) is 5.41. The van der Waals surface area contributed by atoms with Crippen molar-refractivity contribution >= 4 is 11.6 Å². The zero-order chi connectivity index (χ0) is 22.2. The van der Waals surface area contributed by atoms with Crippen molar-refractivity contribution in [2.24, 2.45) is 0 Å². The molecule has 4 rings (SSSR count). The molecule has 1 fully saturated rings. The van der Waals surface area contributed by atoms with Gasteiger partial charge in [0.1, 0.15) is 6.61 Å². The molecule has 2 aromatic carbocycles. The molecule has 3 atom stereocenters. The van der Waals surface area contributed by atoms with Crippen molar-refractivity contribution in [3.8, 4) is 11.5 Å². The summed E-state index contributed by atoms with van der Waals surface area (Å²) in [5.74, 6) is 0.193. The summed E-state index contributed by atoms with van der Waals surface area (Å²) in [6.45, 7) is 6.62. The van der Waals surface area contributed by atoms with Crippen LogP contribution in [-0.2, 0) is 10.3 Å². The molecule has 2 heterocycles. The molecule has 0 saturated carbocycles. The Labute approximate surface area is 180 Å². The van der Waals surface area contributed by atoms with E-state index in [1.165, 1.54) is 0 Å². The van der Waals surface area contributed by atoms with Crippen LogP contribution in [0, 0.1) is 10.1 Å². The highest BCUT2D eigenvalue weighted by Gasteiger charge is 2.68. The molecule has 2 aromatic rings. The van der Waals surface area contributed by atoms with Crippen LogP contribution in [0.25, 0.3) is 0 Å². The molecule has 1 spiro atoms. The Morgan fingerprint density at radius 2 is 2.06 bits per heavy atom. The highest BCUT2D eigenvalue weighted by Crippen LogP contribution is 2.52. The summed E-state index contributed by atoms with van der Waals surface area (Å²) >= 11 is 0. The monoisotopic (exact) mass is 423 g/mol. The van der Waals surface area contributed by atoms with Crippen molar-refractivity contribution < 1.29 is 19.2 Å². The van der Waals surface area contributed by atoms with Crippen LogP contribution in [0.1, 0.15) is 24.0 Å². The average molecular weight is 423 g/mol. The van der Waals surface area contributed by atoms with Crippen molar-refractivity contribution in [3.05, 3.63) is 76.4 Å². The lowest BCUT2D eigenvalue weighted by Gasteiger charge is -2.30. The maximum absolute atomic E-state index is 13.2. The molecular formula is C23H25N3O5. The normalized spacial score (nSPS) is 24.6. The minimum absolute atomic E-state index is 0.321. The van der Waals surface area contributed by atoms with Gasteiger partial charge in [-0.2, -0.15) is 0 Å². The Bertz CT molecular complexity index is 1040. The summed E-state index contributed by atoms with van der Waals surface area (Å²) < 4.78 is 11.4. The molecule has 8 heteroatoms. The molecule has 31 heavy (non-hydrogen) atoms. The van der Waals surface area contributed by atoms with E-state index in [-0.39, 0.29) is 10.8 Å². The Balaban J connectivity index is 1.80. The number of likely N-dealkylation sites (tertiary alicyclic amines) is 1. The number of rotatable bonds is 7. The molecule has 1 amide bonds. The fraction of sp³-hybridized carbons (Fsp3) is 0.348. The summed E-state index contributed by atoms with van der Waals surface area (Å²) in [6, 6.07) is 11.4. The lowest BCUT2D eigenvalue weighted by molar-refractivity contribution is -0.534. The summed E-state index contributed by atoms with van der Waals surface area (Å²) in [6.07, 6.45) is 1.64. The summed E-state index contributed by atoms with van der Waals surface area (Å²) in [7, 11) is 1.77. The number of hydrogen-bond acceptors (Lipinski definition) is 6. The lowest BCUT2D eigenvalue weighted by Crippen LogP contribution is -2.54. The molecular weight excluding hydrogens is 398 g/mol. The molecule has 8 nitrogen and oxygen atoms in total. The molecule has 0 unspecified atom stereocenters. The van der Waals surface area contributed by atoms with Crippen LogP contribution in [0.2, 0.25) is 0 Å². The molecule has 0 bridgehead atoms. The van der Waals surface area contributed by atoms with E-state index in [9.17, 15) is 14.9 Å². The molecule has 1 saturated heterocycles. The highest BCUT2D eigenvalue weighted by molar-refractivity contribution is 6.06. The van der Waals surface area contributed by atoms with E-state index in [4.69, 9.17) is 9.47 Å². The van der Waals surface area contributed by atoms with Gasteiger partial charge >= 0.3 is 0 Å². The smallest absolute Gasteiger partial charge is 0.256 e. The number of para-hydroxylation sites is 1. The SMILES string of the molecule is C=CCOc1ccc([C@@H]2CN(C)[C@@]3(C(=O)Nc4ccccc43)[C@@H]2[N+](=O)[O-])cc1OCC. The summed E-state index contributed by atoms with van der Waals surface area (Å²) in [4.78, 5) is 27.1. The van der Waals surface area contributed by atoms with E-state index in [1.807, 2.05) is 19.1 Å². The third kappa shape index (κ3) is 3.14. The second-order valence-electron chi connectivity index (χ2n) is 7.72. The average Bonchev–Trinajstić information content (AvgIpc) is 3.23. The number of carbonyl (C=O) groups is 1. The summed E-state index contributed by atoms with van der Waals surface area (Å²) in [5, 5.41) is 15.2. The van der Waals surface area contributed by atoms with E-state index >= 15 is 0 Å². The van der Waals surface area contributed by atoms with Gasteiger partial charge < -0.3 is 14.8 Å². The third-order valence-corrected chi connectivity index (χ3v) is 6.09. The van der Waals surface area contributed by atoms with Gasteiger partial charge in [0, 0.05) is 22.7 Å². The van der Waals surface area contributed by atoms with Crippen molar-refractivity contribution in [1.82, 2.24) is 4.90 Å². The van der Waals surface area contributed by atoms with Gasteiger partial charge in [-0.3, -0.25) is 19.8 Å². The fourth-order valence-corrected chi connectivity index (χ4v) is 4.87. The number of nitrogens with one attached hydrogen (secondary N) is 1. The standard InChI is InChI=1S/C23H25N3O5/c1-4-12-31-19-11-10-15(13-20(19)30-5-2)16-14-25(3)23(21(16)26(28)29)17-8-6-7-9-18(17)24-22(23)27/h4,6-11,13,16,21H,1,5,12,14H2,2-3H3,(H,24,27)/t16-,21+,23+/m0/s1. The minimum atomic E-state index is -1.37. The number of likely N-dealkylation sites (N-methyl/N-ethyl adjacent to an activating group) is 1. The molecule has 1 N–H and O–H groups in total. The predicted molar refractivity (Wildman–Crippen MR) is 116 cm³/mol. The number of nitro groups is 1. The van der Waals surface area contributed by atoms with Crippen LogP contribution in [0.5, 0.6) is 11.5 Å². The second kappa shape index (κ2) is 8.03.